The van der Waals surface area contributed by atoms with Gasteiger partial charge in [-0.15, -0.1) is 0 Å². The Balaban J connectivity index is 0.000000378. The third kappa shape index (κ3) is 10.7. The summed E-state index contributed by atoms with van der Waals surface area (Å²) in [4.78, 5) is 3.64. The maximum Gasteiger partial charge on any atom is 0.185 e. The second-order valence-electron chi connectivity index (χ2n) is 16.5. The number of H-pyrrole nitrogens is 1. The second kappa shape index (κ2) is 18.8. The van der Waals surface area contributed by atoms with Gasteiger partial charge in [-0.3, -0.25) is 0 Å². The van der Waals surface area contributed by atoms with Crippen LogP contribution in [0.1, 0.15) is 102 Å². The Labute approximate surface area is 329 Å². The summed E-state index contributed by atoms with van der Waals surface area (Å²) in [6.07, 6.45) is 0. The van der Waals surface area contributed by atoms with Crippen LogP contribution in [-0.4, -0.2) is 56.0 Å². The normalized spacial score (nSPS) is 12.4. The molecule has 55 heavy (non-hydrogen) atoms. The fourth-order valence-electron chi connectivity index (χ4n) is 6.25. The number of aromatic nitrogens is 1. The van der Waals surface area contributed by atoms with Crippen LogP contribution in [0.5, 0.6) is 28.7 Å². The molecule has 0 radical (unpaired) electrons. The Kier molecular flexibility index (Phi) is 15.6. The Hall–Kier alpha value is -3.92. The van der Waals surface area contributed by atoms with Crippen LogP contribution >= 0.6 is 7.92 Å². The lowest BCUT2D eigenvalue weighted by molar-refractivity contribution is -0.414. The maximum absolute atomic E-state index is 10.5. The van der Waals surface area contributed by atoms with Gasteiger partial charge in [0, 0.05) is 45.7 Å². The molecule has 11 heteroatoms. The van der Waals surface area contributed by atoms with Crippen molar-refractivity contribution in [3.8, 4) is 28.7 Å². The predicted molar refractivity (Wildman–Crippen MR) is 222 cm³/mol. The minimum absolute atomic E-state index is 0.154. The van der Waals surface area contributed by atoms with Crippen molar-refractivity contribution < 1.29 is 49.1 Å². The molecular formula is C44H64NO9P+2. The number of hydrogen-bond acceptors (Lipinski definition) is 9. The molecule has 10 nitrogen and oxygen atoms in total. The van der Waals surface area contributed by atoms with Crippen molar-refractivity contribution in [1.82, 2.24) is 0 Å². The van der Waals surface area contributed by atoms with E-state index in [0.29, 0.717) is 66.9 Å². The van der Waals surface area contributed by atoms with E-state index in [1.807, 2.05) is 0 Å². The zero-order valence-corrected chi connectivity index (χ0v) is 36.3. The summed E-state index contributed by atoms with van der Waals surface area (Å²) in [7, 11) is 5.35. The van der Waals surface area contributed by atoms with Crippen LogP contribution in [0.15, 0.2) is 48.5 Å². The maximum atomic E-state index is 10.5. The van der Waals surface area contributed by atoms with E-state index in [9.17, 15) is 20.4 Å². The summed E-state index contributed by atoms with van der Waals surface area (Å²) in [5, 5.41) is 43.2. The smallest absolute Gasteiger partial charge is 0.185 e. The number of methoxy groups -OCH3 is 5. The van der Waals surface area contributed by atoms with Crippen LogP contribution < -0.4 is 44.6 Å². The van der Waals surface area contributed by atoms with E-state index >= 15 is 0 Å². The molecule has 0 aliphatic rings. The van der Waals surface area contributed by atoms with Gasteiger partial charge in [-0.1, -0.05) is 62.3 Å². The Morgan fingerprint density at radius 1 is 0.455 bits per heavy atom. The summed E-state index contributed by atoms with van der Waals surface area (Å²) in [6.45, 7) is 19.2. The molecule has 0 spiro atoms. The molecular weight excluding hydrogens is 717 g/mol. The first-order chi connectivity index (χ1) is 25.8. The summed E-state index contributed by atoms with van der Waals surface area (Å²) < 4.78 is 28.2. The quantitative estimate of drug-likeness (QED) is 0.136. The molecule has 1 unspecified atom stereocenters. The van der Waals surface area contributed by atoms with E-state index in [-0.39, 0.29) is 42.7 Å². The van der Waals surface area contributed by atoms with E-state index in [2.05, 4.69) is 79.4 Å². The number of benzene rings is 3. The largest absolute Gasteiger partial charge is 0.497 e. The number of hydrogen-bond donors (Lipinski definition) is 4. The van der Waals surface area contributed by atoms with Gasteiger partial charge >= 0.3 is 0 Å². The van der Waals surface area contributed by atoms with Crippen LogP contribution in [0, 0.1) is 0 Å². The van der Waals surface area contributed by atoms with Crippen LogP contribution in [0.3, 0.4) is 0 Å². The SMILES string of the molecule is CC(C)(C)c1cc(C(C)(C)C)[nH+]c(C(C)(C)C)c1.COc1cc(CO)c([PH+](c2c(CO)cc(OC)cc2OC)c2c(OC)cc(CO)cc2OC)c(CO)c1. The first-order valence-electron chi connectivity index (χ1n) is 18.4. The van der Waals surface area contributed by atoms with Gasteiger partial charge in [0.2, 0.25) is 0 Å². The monoisotopic (exact) mass is 781 g/mol. The topological polar surface area (TPSA) is 141 Å². The van der Waals surface area contributed by atoms with Crippen LogP contribution in [0.4, 0.5) is 0 Å². The van der Waals surface area contributed by atoms with Crippen LogP contribution in [0.2, 0.25) is 0 Å². The highest BCUT2D eigenvalue weighted by molar-refractivity contribution is 7.80. The third-order valence-corrected chi connectivity index (χ3v) is 12.7. The van der Waals surface area contributed by atoms with E-state index in [0.717, 1.165) is 0 Å². The van der Waals surface area contributed by atoms with E-state index in [1.54, 1.807) is 36.4 Å². The fourth-order valence-corrected chi connectivity index (χ4v) is 9.68. The van der Waals surface area contributed by atoms with Gasteiger partial charge in [0.15, 0.2) is 33.9 Å². The molecule has 4 rings (SSSR count). The first-order valence-corrected chi connectivity index (χ1v) is 19.9. The van der Waals surface area contributed by atoms with Crippen LogP contribution in [-0.2, 0) is 42.7 Å². The fraction of sp³-hybridized carbons (Fsp3) is 0.477. The molecule has 4 aromatic rings. The van der Waals surface area contributed by atoms with Gasteiger partial charge in [-0.05, 0) is 46.9 Å². The van der Waals surface area contributed by atoms with Crippen molar-refractivity contribution >= 4 is 23.8 Å². The van der Waals surface area contributed by atoms with E-state index in [4.69, 9.17) is 23.7 Å². The molecule has 302 valence electrons. The van der Waals surface area contributed by atoms with Gasteiger partial charge in [-0.2, -0.15) is 0 Å². The third-order valence-electron chi connectivity index (χ3n) is 9.48. The van der Waals surface area contributed by atoms with E-state index < -0.39 is 7.92 Å². The molecule has 1 atom stereocenters. The zero-order chi connectivity index (χ0) is 41.5. The highest BCUT2D eigenvalue weighted by atomic mass is 31.1. The first kappa shape index (κ1) is 45.5. The molecule has 1 heterocycles. The van der Waals surface area contributed by atoms with Crippen molar-refractivity contribution in [2.24, 2.45) is 0 Å². The second-order valence-corrected chi connectivity index (χ2v) is 18.8. The lowest BCUT2D eigenvalue weighted by atomic mass is 9.80. The molecule has 0 bridgehead atoms. The van der Waals surface area contributed by atoms with Gasteiger partial charge in [0.25, 0.3) is 0 Å². The molecule has 3 aromatic carbocycles. The van der Waals surface area contributed by atoms with Gasteiger partial charge in [0.1, 0.15) is 30.0 Å². The Morgan fingerprint density at radius 2 is 0.836 bits per heavy atom. The molecule has 0 aliphatic carbocycles. The zero-order valence-electron chi connectivity index (χ0n) is 35.3. The summed E-state index contributed by atoms with van der Waals surface area (Å²) in [5.41, 5.74) is 6.75. The Bertz CT molecular complexity index is 1600. The number of aliphatic hydroxyl groups excluding tert-OH is 4. The van der Waals surface area contributed by atoms with Gasteiger partial charge < -0.3 is 44.1 Å². The molecule has 0 aliphatic heterocycles. The number of rotatable bonds is 12. The number of ether oxygens (including phenoxy) is 5. The number of aliphatic hydroxyl groups is 4. The van der Waals surface area contributed by atoms with Crippen molar-refractivity contribution in [2.45, 2.75) is 105 Å². The highest BCUT2D eigenvalue weighted by Gasteiger charge is 2.41. The molecule has 0 saturated carbocycles. The number of nitrogens with one attached hydrogen (secondary N) is 1. The van der Waals surface area contributed by atoms with Crippen molar-refractivity contribution in [2.75, 3.05) is 35.5 Å². The predicted octanol–water partition coefficient (Wildman–Crippen LogP) is 5.58. The van der Waals surface area contributed by atoms with Crippen LogP contribution in [0.25, 0.3) is 0 Å². The highest BCUT2D eigenvalue weighted by Crippen LogP contribution is 2.47. The van der Waals surface area contributed by atoms with Crippen molar-refractivity contribution in [3.05, 3.63) is 87.7 Å². The van der Waals surface area contributed by atoms with Crippen molar-refractivity contribution in [3.63, 3.8) is 0 Å². The number of pyridine rings is 1. The summed E-state index contributed by atoms with van der Waals surface area (Å²) >= 11 is 0. The van der Waals surface area contributed by atoms with E-state index in [1.165, 1.54) is 52.5 Å². The number of aromatic amines is 1. The summed E-state index contributed by atoms with van der Waals surface area (Å²) in [5.74, 6) is 2.33. The lowest BCUT2D eigenvalue weighted by Crippen LogP contribution is -2.34. The standard InChI is InChI=1S/C27H33O9P.C17H29N/c1-32-20-8-17(13-29)25(18(9-20)14-30)37(26-19(15-31)10-21(33-2)11-24(26)36-5)27-22(34-3)6-16(12-28)7-23(27)35-4;1-15(2,3)12-10-13(16(4,5)6)18-14(11-12)17(7,8)9/h6-11,28-31H,12-15H2,1-5H3;10-11H,1-9H3/p+2. The van der Waals surface area contributed by atoms with Gasteiger partial charge in [0.05, 0.1) is 62.0 Å². The summed E-state index contributed by atoms with van der Waals surface area (Å²) in [6, 6.07) is 15.0. The molecule has 0 saturated heterocycles. The molecule has 0 amide bonds. The lowest BCUT2D eigenvalue weighted by Gasteiger charge is -2.24. The average molecular weight is 782 g/mol. The van der Waals surface area contributed by atoms with Gasteiger partial charge in [-0.25, -0.2) is 4.98 Å². The molecule has 5 N–H and O–H groups in total. The minimum Gasteiger partial charge on any atom is -0.497 e. The average Bonchev–Trinajstić information content (AvgIpc) is 3.16. The Morgan fingerprint density at radius 3 is 1.16 bits per heavy atom. The minimum atomic E-state index is -2.25. The van der Waals surface area contributed by atoms with Crippen molar-refractivity contribution in [1.29, 1.82) is 0 Å². The molecule has 0 fully saturated rings. The molecule has 1 aromatic heterocycles.